The quantitative estimate of drug-likeness (QED) is 0.603. The predicted octanol–water partition coefficient (Wildman–Crippen LogP) is 3.23. The van der Waals surface area contributed by atoms with Gasteiger partial charge in [0.15, 0.2) is 6.61 Å². The van der Waals surface area contributed by atoms with E-state index in [1.54, 1.807) is 24.3 Å². The molecule has 0 aliphatic heterocycles. The van der Waals surface area contributed by atoms with E-state index in [1.807, 2.05) is 12.1 Å². The van der Waals surface area contributed by atoms with Crippen LogP contribution < -0.4 is 5.32 Å². The van der Waals surface area contributed by atoms with E-state index in [0.717, 1.165) is 10.9 Å². The zero-order valence-corrected chi connectivity index (χ0v) is 15.4. The van der Waals surface area contributed by atoms with Crippen LogP contribution in [0.4, 0.5) is 4.39 Å². The molecule has 0 aliphatic carbocycles. The number of carbonyl (C=O) groups is 2. The number of hydrogen-bond donors (Lipinski definition) is 1. The van der Waals surface area contributed by atoms with Gasteiger partial charge in [-0.1, -0.05) is 30.3 Å². The molecule has 0 bridgehead atoms. The van der Waals surface area contributed by atoms with Gasteiger partial charge in [0, 0.05) is 24.6 Å². The highest BCUT2D eigenvalue weighted by molar-refractivity contribution is 5.96. The molecule has 0 saturated heterocycles. The monoisotopic (exact) mass is 385 g/mol. The van der Waals surface area contributed by atoms with Gasteiger partial charge in [0.1, 0.15) is 11.4 Å². The molecule has 0 atom stereocenters. The summed E-state index contributed by atoms with van der Waals surface area (Å²) in [6, 6.07) is 13.2. The van der Waals surface area contributed by atoms with Crippen molar-refractivity contribution in [2.24, 2.45) is 0 Å². The number of hydrogen-bond acceptors (Lipinski definition) is 5. The number of carbonyl (C=O) groups excluding carboxylic acids is 2. The Kier molecular flexibility index (Phi) is 6.39. The van der Waals surface area contributed by atoms with Crippen molar-refractivity contribution in [3.8, 4) is 0 Å². The molecule has 0 unspecified atom stereocenters. The molecule has 28 heavy (non-hydrogen) atoms. The van der Waals surface area contributed by atoms with Crippen LogP contribution in [0, 0.1) is 5.82 Å². The molecule has 146 valence electrons. The lowest BCUT2D eigenvalue weighted by Crippen LogP contribution is -2.30. The maximum absolute atomic E-state index is 12.9. The second-order valence-corrected chi connectivity index (χ2v) is 6.14. The minimum atomic E-state index is -0.725. The summed E-state index contributed by atoms with van der Waals surface area (Å²) in [5.74, 6) is -1.43. The topological polar surface area (TPSA) is 77.8 Å². The molecule has 1 aromatic heterocycles. The van der Waals surface area contributed by atoms with E-state index in [1.165, 1.54) is 19.2 Å². The summed E-state index contributed by atoms with van der Waals surface area (Å²) in [6.45, 7) is 0.110. The van der Waals surface area contributed by atoms with E-state index in [0.29, 0.717) is 24.1 Å². The molecule has 0 radical (unpaired) electrons. The number of benzene rings is 2. The van der Waals surface area contributed by atoms with E-state index in [9.17, 15) is 14.0 Å². The van der Waals surface area contributed by atoms with Gasteiger partial charge in [0.25, 0.3) is 5.91 Å². The summed E-state index contributed by atoms with van der Waals surface area (Å²) < 4.78 is 28.7. The minimum Gasteiger partial charge on any atom is -0.450 e. The number of methoxy groups -OCH3 is 1. The Balaban J connectivity index is 1.53. The lowest BCUT2D eigenvalue weighted by Gasteiger charge is -2.07. The molecule has 2 aromatic carbocycles. The van der Waals surface area contributed by atoms with E-state index in [4.69, 9.17) is 13.9 Å². The third-order valence-corrected chi connectivity index (χ3v) is 4.16. The van der Waals surface area contributed by atoms with E-state index in [2.05, 4.69) is 5.32 Å². The maximum atomic E-state index is 12.9. The lowest BCUT2D eigenvalue weighted by molar-refractivity contribution is -0.124. The fourth-order valence-corrected chi connectivity index (χ4v) is 2.80. The zero-order valence-electron chi connectivity index (χ0n) is 15.4. The van der Waals surface area contributed by atoms with Crippen LogP contribution in [0.5, 0.6) is 0 Å². The van der Waals surface area contributed by atoms with Gasteiger partial charge in [-0.2, -0.15) is 0 Å². The van der Waals surface area contributed by atoms with Gasteiger partial charge in [-0.05, 0) is 30.2 Å². The molecular weight excluding hydrogens is 365 g/mol. The summed E-state index contributed by atoms with van der Waals surface area (Å²) in [6.07, 6.45) is 0.543. The van der Waals surface area contributed by atoms with Crippen LogP contribution in [0.15, 0.2) is 52.9 Å². The fourth-order valence-electron chi connectivity index (χ4n) is 2.80. The van der Waals surface area contributed by atoms with Crippen molar-refractivity contribution in [2.75, 3.05) is 20.3 Å². The van der Waals surface area contributed by atoms with Crippen LogP contribution >= 0.6 is 0 Å². The number of esters is 1. The standard InChI is InChI=1S/C21H20FNO5/c1-26-12-17-16-4-2-3-5-18(16)28-20(17)21(25)27-13-19(24)23-11-10-14-6-8-15(22)9-7-14/h2-9H,10-13H2,1H3,(H,23,24). The summed E-state index contributed by atoms with van der Waals surface area (Å²) >= 11 is 0. The van der Waals surface area contributed by atoms with Gasteiger partial charge < -0.3 is 19.2 Å². The highest BCUT2D eigenvalue weighted by Crippen LogP contribution is 2.27. The molecule has 7 heteroatoms. The SMILES string of the molecule is COCc1c(C(=O)OCC(=O)NCCc2ccc(F)cc2)oc2ccccc12. The number of nitrogens with one attached hydrogen (secondary N) is 1. The Morgan fingerprint density at radius 2 is 1.86 bits per heavy atom. The number of amides is 1. The molecule has 1 heterocycles. The van der Waals surface area contributed by atoms with Gasteiger partial charge in [-0.3, -0.25) is 4.79 Å². The molecular formula is C21H20FNO5. The average molecular weight is 385 g/mol. The molecule has 6 nitrogen and oxygen atoms in total. The predicted molar refractivity (Wildman–Crippen MR) is 100 cm³/mol. The molecule has 1 N–H and O–H groups in total. The van der Waals surface area contributed by atoms with Gasteiger partial charge in [0.05, 0.1) is 6.61 Å². The van der Waals surface area contributed by atoms with Gasteiger partial charge in [-0.15, -0.1) is 0 Å². The first-order chi connectivity index (χ1) is 13.6. The Hall–Kier alpha value is -3.19. The lowest BCUT2D eigenvalue weighted by atomic mass is 10.1. The Bertz CT molecular complexity index is 965. The molecule has 3 aromatic rings. The highest BCUT2D eigenvalue weighted by atomic mass is 19.1. The number of para-hydroxylation sites is 1. The molecule has 0 fully saturated rings. The van der Waals surface area contributed by atoms with Crippen LogP contribution in [0.1, 0.15) is 21.7 Å². The van der Waals surface area contributed by atoms with Gasteiger partial charge in [0.2, 0.25) is 5.76 Å². The van der Waals surface area contributed by atoms with Crippen molar-refractivity contribution in [2.45, 2.75) is 13.0 Å². The van der Waals surface area contributed by atoms with Crippen LogP contribution in [-0.4, -0.2) is 32.1 Å². The van der Waals surface area contributed by atoms with E-state index < -0.39 is 18.5 Å². The van der Waals surface area contributed by atoms with Gasteiger partial charge in [-0.25, -0.2) is 9.18 Å². The van der Waals surface area contributed by atoms with Crippen molar-refractivity contribution in [3.63, 3.8) is 0 Å². The Morgan fingerprint density at radius 3 is 2.61 bits per heavy atom. The molecule has 0 aliphatic rings. The fraction of sp³-hybridized carbons (Fsp3) is 0.238. The van der Waals surface area contributed by atoms with Crippen LogP contribution in [0.2, 0.25) is 0 Å². The largest absolute Gasteiger partial charge is 0.450 e. The summed E-state index contributed by atoms with van der Waals surface area (Å²) in [7, 11) is 1.52. The van der Waals surface area contributed by atoms with Crippen molar-refractivity contribution < 1.29 is 27.9 Å². The van der Waals surface area contributed by atoms with Crippen molar-refractivity contribution in [1.29, 1.82) is 0 Å². The number of rotatable bonds is 8. The molecule has 0 spiro atoms. The number of fused-ring (bicyclic) bond motifs is 1. The summed E-state index contributed by atoms with van der Waals surface area (Å²) in [4.78, 5) is 24.3. The second kappa shape index (κ2) is 9.14. The summed E-state index contributed by atoms with van der Waals surface area (Å²) in [5, 5.41) is 3.42. The number of ether oxygens (including phenoxy) is 2. The molecule has 3 rings (SSSR count). The normalized spacial score (nSPS) is 10.8. The van der Waals surface area contributed by atoms with Crippen molar-refractivity contribution >= 4 is 22.8 Å². The van der Waals surface area contributed by atoms with Crippen molar-refractivity contribution in [3.05, 3.63) is 71.2 Å². The first-order valence-electron chi connectivity index (χ1n) is 8.76. The third kappa shape index (κ3) is 4.75. The van der Waals surface area contributed by atoms with Crippen LogP contribution in [-0.2, 0) is 27.3 Å². The van der Waals surface area contributed by atoms with E-state index in [-0.39, 0.29) is 18.2 Å². The zero-order chi connectivity index (χ0) is 19.9. The maximum Gasteiger partial charge on any atom is 0.375 e. The average Bonchev–Trinajstić information content (AvgIpc) is 3.07. The number of furan rings is 1. The Morgan fingerprint density at radius 1 is 1.11 bits per heavy atom. The summed E-state index contributed by atoms with van der Waals surface area (Å²) in [5.41, 5.74) is 2.02. The Labute approximate surface area is 161 Å². The highest BCUT2D eigenvalue weighted by Gasteiger charge is 2.22. The molecule has 1 amide bonds. The first-order valence-corrected chi connectivity index (χ1v) is 8.76. The van der Waals surface area contributed by atoms with Gasteiger partial charge >= 0.3 is 5.97 Å². The third-order valence-electron chi connectivity index (χ3n) is 4.16. The smallest absolute Gasteiger partial charge is 0.375 e. The minimum absolute atomic E-state index is 0.0298. The second-order valence-electron chi connectivity index (χ2n) is 6.14. The molecule has 0 saturated carbocycles. The number of halogens is 1. The van der Waals surface area contributed by atoms with Crippen molar-refractivity contribution in [1.82, 2.24) is 5.32 Å². The van der Waals surface area contributed by atoms with E-state index >= 15 is 0 Å². The van der Waals surface area contributed by atoms with Crippen LogP contribution in [0.3, 0.4) is 0 Å². The first kappa shape index (κ1) is 19.6. The van der Waals surface area contributed by atoms with Crippen LogP contribution in [0.25, 0.3) is 11.0 Å².